The van der Waals surface area contributed by atoms with Crippen LogP contribution in [0.5, 0.6) is 0 Å². The molecule has 287 valence electrons. The van der Waals surface area contributed by atoms with E-state index in [-0.39, 0.29) is 50.9 Å². The maximum atomic E-state index is 12.3. The second-order valence-electron chi connectivity index (χ2n) is 13.0. The summed E-state index contributed by atoms with van der Waals surface area (Å²) >= 11 is 37.3. The number of rotatable bonds is 7. The molecule has 0 bridgehead atoms. The summed E-state index contributed by atoms with van der Waals surface area (Å²) in [5.41, 5.74) is 9.67. The van der Waals surface area contributed by atoms with Crippen LogP contribution in [0.3, 0.4) is 0 Å². The lowest BCUT2D eigenvalue weighted by Gasteiger charge is -2.49. The van der Waals surface area contributed by atoms with Crippen molar-refractivity contribution >= 4 is 101 Å². The lowest BCUT2D eigenvalue weighted by molar-refractivity contribution is -0.133. The van der Waals surface area contributed by atoms with Gasteiger partial charge in [0, 0.05) is 68.5 Å². The van der Waals surface area contributed by atoms with Gasteiger partial charge in [-0.05, 0) is 84.8 Å². The van der Waals surface area contributed by atoms with Crippen molar-refractivity contribution in [3.05, 3.63) is 138 Å². The summed E-state index contributed by atoms with van der Waals surface area (Å²) in [5.74, 6) is 0.0127. The van der Waals surface area contributed by atoms with Gasteiger partial charge in [0.2, 0.25) is 18.4 Å². The first-order valence-corrected chi connectivity index (χ1v) is 19.6. The number of hydrogen-bond donors (Lipinski definition) is 1. The monoisotopic (exact) mass is 857 g/mol. The van der Waals surface area contributed by atoms with Crippen molar-refractivity contribution in [2.24, 2.45) is 5.73 Å². The second kappa shape index (κ2) is 20.2. The molecule has 4 aromatic rings. The molecule has 8 nitrogen and oxygen atoms in total. The number of piperazine rings is 2. The zero-order valence-electron chi connectivity index (χ0n) is 30.3. The number of halogens is 6. The number of benzene rings is 4. The third-order valence-corrected chi connectivity index (χ3v) is 11.4. The largest absolute Gasteiger partial charge is 0.359 e. The first kappa shape index (κ1) is 44.4. The van der Waals surface area contributed by atoms with Crippen molar-refractivity contribution in [1.82, 2.24) is 9.80 Å². The molecule has 2 aliphatic heterocycles. The van der Waals surface area contributed by atoms with E-state index in [1.807, 2.05) is 71.6 Å². The van der Waals surface area contributed by atoms with Crippen LogP contribution in [0.15, 0.2) is 84.9 Å². The number of hydrogen-bond acceptors (Lipinski definition) is 5. The molecule has 3 radical (unpaired) electrons. The van der Waals surface area contributed by atoms with Gasteiger partial charge in [-0.1, -0.05) is 93.9 Å². The van der Waals surface area contributed by atoms with Crippen LogP contribution in [0.4, 0.5) is 11.4 Å². The second-order valence-corrected chi connectivity index (χ2v) is 15.6. The predicted octanol–water partition coefficient (Wildman–Crippen LogP) is 9.74. The molecular weight excluding hydrogens is 820 g/mol. The molecule has 2 fully saturated rings. The van der Waals surface area contributed by atoms with Crippen LogP contribution < -0.4 is 15.5 Å². The lowest BCUT2D eigenvalue weighted by atomic mass is 9.90. The Hall–Kier alpha value is -3.33. The zero-order valence-corrected chi connectivity index (χ0v) is 34.9. The van der Waals surface area contributed by atoms with E-state index in [2.05, 4.69) is 14.6 Å². The Morgan fingerprint density at radius 3 is 1.38 bits per heavy atom. The van der Waals surface area contributed by atoms with E-state index in [0.29, 0.717) is 69.3 Å². The van der Waals surface area contributed by atoms with Gasteiger partial charge in [0.1, 0.15) is 6.04 Å². The Kier molecular flexibility index (Phi) is 16.3. The van der Waals surface area contributed by atoms with Crippen LogP contribution in [0.25, 0.3) is 4.85 Å². The first-order valence-electron chi connectivity index (χ1n) is 17.4. The van der Waals surface area contributed by atoms with Gasteiger partial charge in [-0.25, -0.2) is 6.57 Å². The van der Waals surface area contributed by atoms with Gasteiger partial charge in [-0.15, -0.1) is 0 Å². The van der Waals surface area contributed by atoms with E-state index >= 15 is 0 Å². The van der Waals surface area contributed by atoms with Gasteiger partial charge in [-0.3, -0.25) is 9.59 Å². The lowest BCUT2D eigenvalue weighted by Crippen LogP contribution is -2.57. The third-order valence-electron chi connectivity index (χ3n) is 9.78. The average molecular weight is 860 g/mol. The number of nitrogens with two attached hydrogens (primary N) is 1. The SMILES string of the molecule is CC(=O)N1CCN(c2ccc(Cl)cc2Cl)[C@@H](c2ccc(Cl)cc2)C1CCN.[B].[C-]#[N+]CC1[C@H](c2ccc(Cl)cc2)N(c2ccc(Cl)cc2Cl)CCN1C(C)=O. The maximum absolute atomic E-state index is 12.3. The minimum Gasteiger partial charge on any atom is -0.359 e. The molecule has 2 N–H and O–H groups in total. The topological polar surface area (TPSA) is 77.5 Å². The molecule has 6 rings (SSSR count). The molecule has 4 atom stereocenters. The Balaban J connectivity index is 0.000000240. The molecular formula is C40H40BCl6N6O2. The molecule has 15 heteroatoms. The summed E-state index contributed by atoms with van der Waals surface area (Å²) in [4.78, 5) is 36.2. The van der Waals surface area contributed by atoms with Crippen molar-refractivity contribution in [1.29, 1.82) is 0 Å². The van der Waals surface area contributed by atoms with Crippen LogP contribution in [0.1, 0.15) is 43.5 Å². The van der Waals surface area contributed by atoms with Gasteiger partial charge in [0.15, 0.2) is 0 Å². The van der Waals surface area contributed by atoms with Crippen LogP contribution in [0, 0.1) is 6.57 Å². The fourth-order valence-electron chi connectivity index (χ4n) is 7.45. The van der Waals surface area contributed by atoms with Gasteiger partial charge < -0.3 is 30.2 Å². The van der Waals surface area contributed by atoms with Crippen LogP contribution >= 0.6 is 69.6 Å². The molecule has 2 unspecified atom stereocenters. The fourth-order valence-corrected chi connectivity index (χ4v) is 8.73. The van der Waals surface area contributed by atoms with Crippen LogP contribution in [-0.2, 0) is 9.59 Å². The number of nitrogens with zero attached hydrogens (tertiary/aromatic N) is 5. The molecule has 0 aliphatic carbocycles. The highest BCUT2D eigenvalue weighted by Gasteiger charge is 2.42. The molecule has 0 aromatic heterocycles. The maximum Gasteiger partial charge on any atom is 0.237 e. The van der Waals surface area contributed by atoms with E-state index in [9.17, 15) is 9.59 Å². The molecule has 2 aliphatic rings. The van der Waals surface area contributed by atoms with Crippen molar-refractivity contribution in [2.75, 3.05) is 49.1 Å². The van der Waals surface area contributed by atoms with Crippen molar-refractivity contribution in [3.63, 3.8) is 0 Å². The molecule has 0 spiro atoms. The highest BCUT2D eigenvalue weighted by molar-refractivity contribution is 6.37. The number of carbonyl (C=O) groups is 2. The normalized spacial score (nSPS) is 19.5. The summed E-state index contributed by atoms with van der Waals surface area (Å²) < 4.78 is 0. The number of anilines is 2. The Morgan fingerprint density at radius 1 is 0.636 bits per heavy atom. The predicted molar refractivity (Wildman–Crippen MR) is 229 cm³/mol. The fraction of sp³-hybridized carbons (Fsp3) is 0.325. The van der Waals surface area contributed by atoms with E-state index in [4.69, 9.17) is 81.9 Å². The number of carbonyl (C=O) groups excluding carboxylic acids is 2. The zero-order chi connectivity index (χ0) is 39.1. The van der Waals surface area contributed by atoms with Crippen molar-refractivity contribution in [2.45, 2.75) is 44.4 Å². The summed E-state index contributed by atoms with van der Waals surface area (Å²) in [5, 5.41) is 3.59. The minimum atomic E-state index is -0.290. The average Bonchev–Trinajstić information content (AvgIpc) is 3.13. The van der Waals surface area contributed by atoms with Gasteiger partial charge in [0.25, 0.3) is 0 Å². The summed E-state index contributed by atoms with van der Waals surface area (Å²) in [6, 6.07) is 25.5. The summed E-state index contributed by atoms with van der Waals surface area (Å²) in [7, 11) is 0. The molecule has 4 aromatic carbocycles. The smallest absolute Gasteiger partial charge is 0.237 e. The molecule has 2 amide bonds. The molecule has 0 saturated carbocycles. The van der Waals surface area contributed by atoms with E-state index in [1.54, 1.807) is 36.9 Å². The van der Waals surface area contributed by atoms with E-state index < -0.39 is 0 Å². The van der Waals surface area contributed by atoms with E-state index in [0.717, 1.165) is 22.5 Å². The highest BCUT2D eigenvalue weighted by atomic mass is 35.5. The van der Waals surface area contributed by atoms with Crippen molar-refractivity contribution in [3.8, 4) is 0 Å². The Morgan fingerprint density at radius 2 is 1.02 bits per heavy atom. The Bertz CT molecular complexity index is 1980. The summed E-state index contributed by atoms with van der Waals surface area (Å²) in [6.07, 6.45) is 0.689. The van der Waals surface area contributed by atoms with E-state index in [1.165, 1.54) is 0 Å². The van der Waals surface area contributed by atoms with Gasteiger partial charge in [-0.2, -0.15) is 0 Å². The third kappa shape index (κ3) is 10.6. The van der Waals surface area contributed by atoms with Crippen molar-refractivity contribution < 1.29 is 9.59 Å². The van der Waals surface area contributed by atoms with Crippen LogP contribution in [-0.4, -0.2) is 81.4 Å². The first-order chi connectivity index (χ1) is 25.8. The molecule has 2 saturated heterocycles. The standard InChI is InChI=1S/C20H18Cl3N3O.C20H22Cl3N3O.B/c1-13(27)25-9-10-26(18-8-7-16(22)11-17(18)23)20(19(25)12-24-2)14-3-5-15(21)6-4-14;1-13(27)25-10-11-26(18-7-6-16(22)12-17(18)23)20(19(25)8-9-24)14-2-4-15(21)5-3-14;/h3-8,11,19-20H,9-10,12H2,1H3;2-7,12,19-20H,8-11,24H2,1H3;/t2*19?,20-;/m00./s1. The van der Waals surface area contributed by atoms with Gasteiger partial charge in [0.05, 0.1) is 39.5 Å². The molecule has 55 heavy (non-hydrogen) atoms. The molecule has 2 heterocycles. The number of amides is 2. The minimum absolute atomic E-state index is 0. The van der Waals surface area contributed by atoms with Gasteiger partial charge >= 0.3 is 0 Å². The summed E-state index contributed by atoms with van der Waals surface area (Å²) in [6.45, 7) is 13.6. The Labute approximate surface area is 355 Å². The van der Waals surface area contributed by atoms with Crippen LogP contribution in [0.2, 0.25) is 30.1 Å². The quantitative estimate of drug-likeness (QED) is 0.148. The highest BCUT2D eigenvalue weighted by Crippen LogP contribution is 2.42.